The second kappa shape index (κ2) is 5.84. The molecule has 0 radical (unpaired) electrons. The maximum Gasteiger partial charge on any atom is 0.422 e. The van der Waals surface area contributed by atoms with E-state index >= 15 is 0 Å². The van der Waals surface area contributed by atoms with E-state index in [0.717, 1.165) is 9.35 Å². The molecule has 0 aliphatic rings. The number of rotatable bonds is 3. The predicted octanol–water partition coefficient (Wildman–Crippen LogP) is 3.60. The lowest BCUT2D eigenvalue weighted by Crippen LogP contribution is -2.42. The minimum Gasteiger partial charge on any atom is -0.443 e. The average molecular weight is 321 g/mol. The third-order valence-electron chi connectivity index (χ3n) is 1.83. The van der Waals surface area contributed by atoms with Gasteiger partial charge in [0.05, 0.1) is 6.04 Å². The first kappa shape index (κ1) is 14.5. The molecule has 17 heavy (non-hydrogen) atoms. The molecule has 1 aromatic rings. The Balaban J connectivity index is 2.41. The van der Waals surface area contributed by atoms with Gasteiger partial charge in [0.2, 0.25) is 0 Å². The Morgan fingerprint density at radius 2 is 2.18 bits per heavy atom. The third kappa shape index (κ3) is 5.06. The van der Waals surface area contributed by atoms with Crippen LogP contribution in [0.2, 0.25) is 0 Å². The molecule has 1 unspecified atom stereocenters. The zero-order valence-corrected chi connectivity index (χ0v) is 12.7. The lowest BCUT2D eigenvalue weighted by Gasteiger charge is -2.21. The second-order valence-corrected chi connectivity index (χ2v) is 6.43. The number of ether oxygens (including phenoxy) is 1. The van der Waals surface area contributed by atoms with Crippen molar-refractivity contribution in [3.63, 3.8) is 0 Å². The summed E-state index contributed by atoms with van der Waals surface area (Å²) in [6, 6.07) is 2.00. The van der Waals surface area contributed by atoms with E-state index in [1.165, 1.54) is 0 Å². The number of hydrogen-bond donors (Lipinski definition) is 2. The molecule has 1 rings (SSSR count). The van der Waals surface area contributed by atoms with Crippen LogP contribution in [-0.2, 0) is 4.74 Å². The van der Waals surface area contributed by atoms with Crippen LogP contribution in [0.1, 0.15) is 38.6 Å². The zero-order valence-electron chi connectivity index (χ0n) is 10.3. The van der Waals surface area contributed by atoms with Gasteiger partial charge in [-0.05, 0) is 55.1 Å². The maximum atomic E-state index is 11.4. The van der Waals surface area contributed by atoms with Crippen LogP contribution in [0.25, 0.3) is 0 Å². The number of amides is 1. The Hall–Kier alpha value is -0.590. The molecule has 4 nitrogen and oxygen atoms in total. The largest absolute Gasteiger partial charge is 0.443 e. The Morgan fingerprint density at radius 3 is 2.65 bits per heavy atom. The van der Waals surface area contributed by atoms with E-state index in [2.05, 4.69) is 26.8 Å². The highest BCUT2D eigenvalue weighted by atomic mass is 79.9. The van der Waals surface area contributed by atoms with Crippen LogP contribution >= 0.6 is 27.3 Å². The predicted molar refractivity (Wildman–Crippen MR) is 72.9 cm³/mol. The molecule has 0 fully saturated rings. The van der Waals surface area contributed by atoms with Gasteiger partial charge in [-0.3, -0.25) is 5.43 Å². The number of carbonyl (C=O) groups excluding carboxylic acids is 1. The number of hydrazine groups is 1. The molecule has 0 aliphatic carbocycles. The summed E-state index contributed by atoms with van der Waals surface area (Å²) in [4.78, 5) is 12.5. The molecule has 2 N–H and O–H groups in total. The highest BCUT2D eigenvalue weighted by Gasteiger charge is 2.17. The minimum atomic E-state index is -0.488. The van der Waals surface area contributed by atoms with Gasteiger partial charge in [0.25, 0.3) is 0 Å². The van der Waals surface area contributed by atoms with Crippen LogP contribution in [0, 0.1) is 0 Å². The van der Waals surface area contributed by atoms with Crippen LogP contribution < -0.4 is 10.9 Å². The Labute approximate surface area is 114 Å². The van der Waals surface area contributed by atoms with Crippen LogP contribution in [-0.4, -0.2) is 11.7 Å². The molecule has 1 amide bonds. The summed E-state index contributed by atoms with van der Waals surface area (Å²) >= 11 is 5.07. The SMILES string of the molecule is CC(NNC(=O)OC(C)(C)C)c1sccc1Br. The summed E-state index contributed by atoms with van der Waals surface area (Å²) in [7, 11) is 0. The highest BCUT2D eigenvalue weighted by molar-refractivity contribution is 9.10. The van der Waals surface area contributed by atoms with Gasteiger partial charge in [-0.25, -0.2) is 10.2 Å². The summed E-state index contributed by atoms with van der Waals surface area (Å²) in [5.74, 6) is 0. The quantitative estimate of drug-likeness (QED) is 0.836. The van der Waals surface area contributed by atoms with E-state index in [1.54, 1.807) is 11.3 Å². The van der Waals surface area contributed by atoms with Gasteiger partial charge in [0.1, 0.15) is 5.60 Å². The normalized spacial score (nSPS) is 13.2. The van der Waals surface area contributed by atoms with Crippen LogP contribution in [0.4, 0.5) is 4.79 Å². The van der Waals surface area contributed by atoms with Crippen molar-refractivity contribution in [3.8, 4) is 0 Å². The Morgan fingerprint density at radius 1 is 1.53 bits per heavy atom. The maximum absolute atomic E-state index is 11.4. The molecule has 1 heterocycles. The number of halogens is 1. The molecule has 6 heteroatoms. The first-order chi connectivity index (χ1) is 7.79. The van der Waals surface area contributed by atoms with Crippen LogP contribution in [0.5, 0.6) is 0 Å². The van der Waals surface area contributed by atoms with Gasteiger partial charge in [-0.1, -0.05) is 0 Å². The van der Waals surface area contributed by atoms with Crippen LogP contribution in [0.3, 0.4) is 0 Å². The van der Waals surface area contributed by atoms with Crippen molar-refractivity contribution in [1.82, 2.24) is 10.9 Å². The number of thiophene rings is 1. The van der Waals surface area contributed by atoms with Crippen molar-refractivity contribution in [3.05, 3.63) is 20.8 Å². The summed E-state index contributed by atoms with van der Waals surface area (Å²) in [6.45, 7) is 7.44. The standard InChI is InChI=1S/C11H17BrN2O2S/c1-7(9-8(12)5-6-17-9)13-14-10(15)16-11(2,3)4/h5-7,13H,1-4H3,(H,14,15). The number of carbonyl (C=O) groups is 1. The van der Waals surface area contributed by atoms with Gasteiger partial charge < -0.3 is 4.74 Å². The monoisotopic (exact) mass is 320 g/mol. The summed E-state index contributed by atoms with van der Waals surface area (Å²) in [5, 5.41) is 1.99. The molecule has 0 spiro atoms. The molecule has 0 aromatic carbocycles. The molecule has 0 bridgehead atoms. The van der Waals surface area contributed by atoms with E-state index in [4.69, 9.17) is 4.74 Å². The lowest BCUT2D eigenvalue weighted by atomic mass is 10.2. The van der Waals surface area contributed by atoms with E-state index < -0.39 is 11.7 Å². The van der Waals surface area contributed by atoms with Crippen molar-refractivity contribution in [2.24, 2.45) is 0 Å². The summed E-state index contributed by atoms with van der Waals surface area (Å²) in [5.41, 5.74) is 4.95. The van der Waals surface area contributed by atoms with Gasteiger partial charge in [0.15, 0.2) is 0 Å². The average Bonchev–Trinajstić information content (AvgIpc) is 2.58. The van der Waals surface area contributed by atoms with Crippen molar-refractivity contribution < 1.29 is 9.53 Å². The fraction of sp³-hybridized carbons (Fsp3) is 0.545. The van der Waals surface area contributed by atoms with E-state index in [1.807, 2.05) is 39.1 Å². The smallest absolute Gasteiger partial charge is 0.422 e. The highest BCUT2D eigenvalue weighted by Crippen LogP contribution is 2.28. The number of nitrogens with one attached hydrogen (secondary N) is 2. The van der Waals surface area contributed by atoms with Gasteiger partial charge in [-0.15, -0.1) is 11.3 Å². The summed E-state index contributed by atoms with van der Waals surface area (Å²) < 4.78 is 6.15. The molecule has 0 aliphatic heterocycles. The van der Waals surface area contributed by atoms with E-state index in [-0.39, 0.29) is 6.04 Å². The van der Waals surface area contributed by atoms with Gasteiger partial charge in [0, 0.05) is 9.35 Å². The van der Waals surface area contributed by atoms with Crippen LogP contribution in [0.15, 0.2) is 15.9 Å². The van der Waals surface area contributed by atoms with Gasteiger partial charge >= 0.3 is 6.09 Å². The molecular weight excluding hydrogens is 304 g/mol. The third-order valence-corrected chi connectivity index (χ3v) is 3.88. The molecule has 1 aromatic heterocycles. The second-order valence-electron chi connectivity index (χ2n) is 4.63. The molecule has 96 valence electrons. The Kier molecular flexibility index (Phi) is 4.97. The van der Waals surface area contributed by atoms with Crippen molar-refractivity contribution in [1.29, 1.82) is 0 Å². The summed E-state index contributed by atoms with van der Waals surface area (Å²) in [6.07, 6.45) is -0.475. The Bertz CT molecular complexity index is 387. The molecule has 1 atom stereocenters. The fourth-order valence-electron chi connectivity index (χ4n) is 1.15. The van der Waals surface area contributed by atoms with Gasteiger partial charge in [-0.2, -0.15) is 0 Å². The van der Waals surface area contributed by atoms with Crippen molar-refractivity contribution in [2.75, 3.05) is 0 Å². The minimum absolute atomic E-state index is 0.0249. The first-order valence-electron chi connectivity index (χ1n) is 5.27. The molecular formula is C11H17BrN2O2S. The van der Waals surface area contributed by atoms with E-state index in [0.29, 0.717) is 0 Å². The van der Waals surface area contributed by atoms with Crippen molar-refractivity contribution >= 4 is 33.4 Å². The zero-order chi connectivity index (χ0) is 13.1. The fourth-order valence-corrected chi connectivity index (χ4v) is 2.88. The molecule has 0 saturated heterocycles. The molecule has 0 saturated carbocycles. The first-order valence-corrected chi connectivity index (χ1v) is 6.94. The topological polar surface area (TPSA) is 50.4 Å². The van der Waals surface area contributed by atoms with E-state index in [9.17, 15) is 4.79 Å². The number of hydrogen-bond acceptors (Lipinski definition) is 4. The van der Waals surface area contributed by atoms with Crippen molar-refractivity contribution in [2.45, 2.75) is 39.3 Å². The lowest BCUT2D eigenvalue weighted by molar-refractivity contribution is 0.0489.